The number of oxime groups is 1. The van der Waals surface area contributed by atoms with Gasteiger partial charge in [-0.2, -0.15) is 0 Å². The number of hydrogen-bond acceptors (Lipinski definition) is 5. The fourth-order valence-electron chi connectivity index (χ4n) is 2.76. The van der Waals surface area contributed by atoms with E-state index in [0.717, 1.165) is 11.1 Å². The minimum Gasteiger partial charge on any atom is -0.423 e. The van der Waals surface area contributed by atoms with Crippen molar-refractivity contribution in [2.24, 2.45) is 5.16 Å². The first-order valence-corrected chi connectivity index (χ1v) is 9.12. The molecule has 3 aromatic carbocycles. The van der Waals surface area contributed by atoms with E-state index in [9.17, 15) is 9.59 Å². The number of halogens is 1. The van der Waals surface area contributed by atoms with Gasteiger partial charge in [-0.3, -0.25) is 0 Å². The third kappa shape index (κ3) is 4.25. The maximum atomic E-state index is 12.1. The highest BCUT2D eigenvalue weighted by Gasteiger charge is 2.26. The molecule has 0 aliphatic carbocycles. The predicted molar refractivity (Wildman–Crippen MR) is 110 cm³/mol. The van der Waals surface area contributed by atoms with Gasteiger partial charge in [0.1, 0.15) is 11.5 Å². The van der Waals surface area contributed by atoms with Crippen molar-refractivity contribution in [3.63, 3.8) is 0 Å². The number of carbonyl (C=O) groups excluding carboxylic acids is 2. The van der Waals surface area contributed by atoms with Crippen molar-refractivity contribution in [3.8, 4) is 5.75 Å². The fraction of sp³-hybridized carbons (Fsp3) is 0. The van der Waals surface area contributed by atoms with Crippen LogP contribution >= 0.6 is 11.6 Å². The van der Waals surface area contributed by atoms with Crippen LogP contribution in [0.4, 0.5) is 0 Å². The number of nitrogens with zero attached hydrogens (tertiary/aromatic N) is 1. The highest BCUT2D eigenvalue weighted by atomic mass is 35.5. The van der Waals surface area contributed by atoms with Gasteiger partial charge in [0.25, 0.3) is 0 Å². The molecule has 0 atom stereocenters. The van der Waals surface area contributed by atoms with E-state index >= 15 is 0 Å². The average molecular weight is 404 g/mol. The maximum absolute atomic E-state index is 12.1. The number of carbonyl (C=O) groups is 2. The summed E-state index contributed by atoms with van der Waals surface area (Å²) in [4.78, 5) is 29.1. The Kier molecular flexibility index (Phi) is 5.22. The second kappa shape index (κ2) is 8.12. The Labute approximate surface area is 171 Å². The summed E-state index contributed by atoms with van der Waals surface area (Å²) in [5.41, 5.74) is 2.70. The lowest BCUT2D eigenvalue weighted by Gasteiger charge is -2.05. The Balaban J connectivity index is 1.53. The van der Waals surface area contributed by atoms with Gasteiger partial charge in [0, 0.05) is 10.6 Å². The molecular formula is C23H14ClNO4. The molecule has 4 rings (SSSR count). The molecule has 142 valence electrons. The van der Waals surface area contributed by atoms with Crippen molar-refractivity contribution in [2.75, 3.05) is 0 Å². The summed E-state index contributed by atoms with van der Waals surface area (Å²) in [5.74, 6) is -0.565. The third-order valence-corrected chi connectivity index (χ3v) is 4.48. The van der Waals surface area contributed by atoms with Crippen molar-refractivity contribution >= 4 is 35.3 Å². The molecule has 0 aromatic heterocycles. The Morgan fingerprint density at radius 1 is 0.931 bits per heavy atom. The quantitative estimate of drug-likeness (QED) is 0.269. The second-order valence-electron chi connectivity index (χ2n) is 6.21. The summed E-state index contributed by atoms with van der Waals surface area (Å²) in [6.45, 7) is 0. The van der Waals surface area contributed by atoms with Crippen molar-refractivity contribution in [2.45, 2.75) is 0 Å². The lowest BCUT2D eigenvalue weighted by Crippen LogP contribution is -2.08. The molecule has 1 aliphatic rings. The van der Waals surface area contributed by atoms with Crippen LogP contribution < -0.4 is 4.74 Å². The molecule has 0 radical (unpaired) electrons. The van der Waals surface area contributed by atoms with E-state index in [4.69, 9.17) is 21.2 Å². The topological polar surface area (TPSA) is 65.0 Å². The first kappa shape index (κ1) is 18.7. The summed E-state index contributed by atoms with van der Waals surface area (Å²) >= 11 is 5.91. The van der Waals surface area contributed by atoms with Gasteiger partial charge in [-0.1, -0.05) is 59.2 Å². The molecule has 0 saturated carbocycles. The normalized spacial score (nSPS) is 14.4. The van der Waals surface area contributed by atoms with Crippen LogP contribution in [0.25, 0.3) is 6.08 Å². The molecule has 0 spiro atoms. The molecule has 0 fully saturated rings. The standard InChI is InChI=1S/C23H14ClNO4/c24-18-10-8-16(9-11-18)21-20(23(27)29-25-21)14-15-6-12-19(13-7-15)28-22(26)17-4-2-1-3-5-17/h1-14H/b20-14-. The van der Waals surface area contributed by atoms with Crippen LogP contribution in [0.2, 0.25) is 5.02 Å². The minimum absolute atomic E-state index is 0.335. The van der Waals surface area contributed by atoms with Gasteiger partial charge in [0.05, 0.1) is 11.1 Å². The summed E-state index contributed by atoms with van der Waals surface area (Å²) in [5, 5.41) is 4.46. The number of esters is 1. The van der Waals surface area contributed by atoms with E-state index < -0.39 is 11.9 Å². The van der Waals surface area contributed by atoms with Gasteiger partial charge in [0.2, 0.25) is 0 Å². The molecule has 6 heteroatoms. The fourth-order valence-corrected chi connectivity index (χ4v) is 2.89. The van der Waals surface area contributed by atoms with Crippen LogP contribution in [0.3, 0.4) is 0 Å². The van der Waals surface area contributed by atoms with Crippen LogP contribution in [-0.4, -0.2) is 17.7 Å². The lowest BCUT2D eigenvalue weighted by molar-refractivity contribution is -0.136. The van der Waals surface area contributed by atoms with Crippen LogP contribution in [0, 0.1) is 0 Å². The monoisotopic (exact) mass is 403 g/mol. The maximum Gasteiger partial charge on any atom is 0.368 e. The third-order valence-electron chi connectivity index (χ3n) is 4.22. The summed E-state index contributed by atoms with van der Waals surface area (Å²) < 4.78 is 5.36. The minimum atomic E-state index is -0.533. The van der Waals surface area contributed by atoms with Crippen molar-refractivity contribution in [1.29, 1.82) is 0 Å². The molecule has 0 saturated heterocycles. The number of benzene rings is 3. The van der Waals surface area contributed by atoms with E-state index in [1.807, 2.05) is 6.07 Å². The van der Waals surface area contributed by atoms with E-state index in [1.165, 1.54) is 0 Å². The summed E-state index contributed by atoms with van der Waals surface area (Å²) in [6.07, 6.45) is 1.67. The molecule has 0 amide bonds. The molecule has 1 heterocycles. The molecule has 5 nitrogen and oxygen atoms in total. The number of ether oxygens (including phenoxy) is 1. The zero-order valence-electron chi connectivity index (χ0n) is 15.0. The number of hydrogen-bond donors (Lipinski definition) is 0. The largest absolute Gasteiger partial charge is 0.423 e. The second-order valence-corrected chi connectivity index (χ2v) is 6.64. The predicted octanol–water partition coefficient (Wildman–Crippen LogP) is 4.90. The zero-order valence-corrected chi connectivity index (χ0v) is 15.8. The highest BCUT2D eigenvalue weighted by molar-refractivity contribution is 6.32. The SMILES string of the molecule is O=C1ON=C(c2ccc(Cl)cc2)/C1=C/c1ccc(OC(=O)c2ccccc2)cc1. The van der Waals surface area contributed by atoms with Crippen molar-refractivity contribution < 1.29 is 19.2 Å². The molecule has 0 N–H and O–H groups in total. The van der Waals surface area contributed by atoms with Crippen molar-refractivity contribution in [3.05, 3.63) is 106 Å². The van der Waals surface area contributed by atoms with Crippen LogP contribution in [0.1, 0.15) is 21.5 Å². The summed E-state index contributed by atoms with van der Waals surface area (Å²) in [6, 6.07) is 22.5. The van der Waals surface area contributed by atoms with Crippen LogP contribution in [0.5, 0.6) is 5.75 Å². The first-order chi connectivity index (χ1) is 14.1. The van der Waals surface area contributed by atoms with Gasteiger partial charge in [-0.25, -0.2) is 9.59 Å². The Morgan fingerprint density at radius 2 is 1.62 bits per heavy atom. The molecule has 0 unspecified atom stereocenters. The smallest absolute Gasteiger partial charge is 0.368 e. The molecule has 1 aliphatic heterocycles. The van der Waals surface area contributed by atoms with Gasteiger partial charge >= 0.3 is 11.9 Å². The van der Waals surface area contributed by atoms with Crippen molar-refractivity contribution in [1.82, 2.24) is 0 Å². The van der Waals surface area contributed by atoms with Gasteiger partial charge in [-0.15, -0.1) is 0 Å². The van der Waals surface area contributed by atoms with E-state index in [1.54, 1.807) is 78.9 Å². The van der Waals surface area contributed by atoms with Crippen LogP contribution in [0.15, 0.2) is 89.6 Å². The van der Waals surface area contributed by atoms with Gasteiger partial charge in [0.15, 0.2) is 0 Å². The van der Waals surface area contributed by atoms with E-state index in [2.05, 4.69) is 5.16 Å². The zero-order chi connectivity index (χ0) is 20.2. The Hall–Kier alpha value is -3.70. The van der Waals surface area contributed by atoms with Gasteiger partial charge < -0.3 is 9.57 Å². The van der Waals surface area contributed by atoms with E-state index in [0.29, 0.717) is 27.6 Å². The Morgan fingerprint density at radius 3 is 2.31 bits per heavy atom. The average Bonchev–Trinajstić information content (AvgIpc) is 3.11. The molecule has 3 aromatic rings. The first-order valence-electron chi connectivity index (χ1n) is 8.75. The van der Waals surface area contributed by atoms with Gasteiger partial charge in [-0.05, 0) is 48.0 Å². The Bertz CT molecular complexity index is 1120. The van der Waals surface area contributed by atoms with Crippen LogP contribution in [-0.2, 0) is 9.63 Å². The lowest BCUT2D eigenvalue weighted by atomic mass is 10.0. The summed E-state index contributed by atoms with van der Waals surface area (Å²) in [7, 11) is 0. The molecule has 29 heavy (non-hydrogen) atoms. The number of rotatable bonds is 4. The molecular weight excluding hydrogens is 390 g/mol. The highest BCUT2D eigenvalue weighted by Crippen LogP contribution is 2.23. The van der Waals surface area contributed by atoms with E-state index in [-0.39, 0.29) is 0 Å². The molecule has 0 bridgehead atoms.